The van der Waals surface area contributed by atoms with E-state index >= 15 is 0 Å². The van der Waals surface area contributed by atoms with Crippen LogP contribution in [0.15, 0.2) is 54.9 Å². The minimum absolute atomic E-state index is 0.105. The Labute approximate surface area is 196 Å². The summed E-state index contributed by atoms with van der Waals surface area (Å²) in [4.78, 5) is 36.4. The summed E-state index contributed by atoms with van der Waals surface area (Å²) in [7, 11) is 1.79. The van der Waals surface area contributed by atoms with E-state index in [2.05, 4.69) is 29.1 Å². The van der Waals surface area contributed by atoms with E-state index in [0.717, 1.165) is 22.3 Å². The maximum atomic E-state index is 13.2. The second-order valence-electron chi connectivity index (χ2n) is 9.00. The Morgan fingerprint density at radius 2 is 1.52 bits per heavy atom. The van der Waals surface area contributed by atoms with E-state index in [1.165, 1.54) is 0 Å². The van der Waals surface area contributed by atoms with Crippen LogP contribution in [0.25, 0.3) is 11.1 Å². The van der Waals surface area contributed by atoms with Crippen LogP contribution in [0, 0.1) is 19.8 Å². The van der Waals surface area contributed by atoms with Crippen molar-refractivity contribution in [2.45, 2.75) is 40.7 Å². The Balaban J connectivity index is 1.95. The summed E-state index contributed by atoms with van der Waals surface area (Å²) in [6.07, 6.45) is 3.43. The molecule has 1 unspecified atom stereocenters. The van der Waals surface area contributed by atoms with Crippen LogP contribution in [-0.4, -0.2) is 40.3 Å². The summed E-state index contributed by atoms with van der Waals surface area (Å²) >= 11 is 0. The van der Waals surface area contributed by atoms with E-state index in [4.69, 9.17) is 0 Å². The zero-order valence-electron chi connectivity index (χ0n) is 20.2. The molecule has 6 nitrogen and oxygen atoms in total. The van der Waals surface area contributed by atoms with Crippen LogP contribution in [0.5, 0.6) is 0 Å². The molecule has 2 amide bonds. The number of nitrogens with one attached hydrogen (secondary N) is 1. The van der Waals surface area contributed by atoms with Crippen LogP contribution < -0.4 is 5.32 Å². The first-order valence-corrected chi connectivity index (χ1v) is 11.2. The predicted octanol–water partition coefficient (Wildman–Crippen LogP) is 4.98. The smallest absolute Gasteiger partial charge is 0.253 e. The number of hydrogen-bond donors (Lipinski definition) is 1. The van der Waals surface area contributed by atoms with Gasteiger partial charge < -0.3 is 10.2 Å². The second kappa shape index (κ2) is 10.4. The van der Waals surface area contributed by atoms with Gasteiger partial charge in [-0.1, -0.05) is 43.7 Å². The number of aromatic nitrogens is 2. The molecule has 3 aromatic rings. The van der Waals surface area contributed by atoms with Crippen LogP contribution in [0.2, 0.25) is 0 Å². The third kappa shape index (κ3) is 6.25. The van der Waals surface area contributed by atoms with Crippen molar-refractivity contribution in [3.8, 4) is 11.1 Å². The topological polar surface area (TPSA) is 75.2 Å². The molecule has 1 N–H and O–H groups in total. The first-order chi connectivity index (χ1) is 15.6. The molecule has 0 saturated heterocycles. The van der Waals surface area contributed by atoms with Gasteiger partial charge >= 0.3 is 0 Å². The average Bonchev–Trinajstić information content (AvgIpc) is 2.78. The Kier molecular flexibility index (Phi) is 7.59. The minimum Gasteiger partial charge on any atom is -0.345 e. The highest BCUT2D eigenvalue weighted by Gasteiger charge is 2.19. The maximum Gasteiger partial charge on any atom is 0.253 e. The van der Waals surface area contributed by atoms with E-state index in [9.17, 15) is 9.59 Å². The number of carbonyl (C=O) groups excluding carboxylic acids is 2. The van der Waals surface area contributed by atoms with E-state index in [-0.39, 0.29) is 17.9 Å². The van der Waals surface area contributed by atoms with Gasteiger partial charge in [0, 0.05) is 42.7 Å². The third-order valence-electron chi connectivity index (χ3n) is 5.46. The fourth-order valence-corrected chi connectivity index (χ4v) is 3.64. The second-order valence-corrected chi connectivity index (χ2v) is 9.00. The van der Waals surface area contributed by atoms with Gasteiger partial charge in [0.1, 0.15) is 5.82 Å². The summed E-state index contributed by atoms with van der Waals surface area (Å²) in [6.45, 7) is 10.5. The molecule has 0 saturated carbocycles. The van der Waals surface area contributed by atoms with Gasteiger partial charge in [-0.3, -0.25) is 9.59 Å². The van der Waals surface area contributed by atoms with Crippen LogP contribution in [0.1, 0.15) is 64.5 Å². The van der Waals surface area contributed by atoms with Gasteiger partial charge in [0.2, 0.25) is 0 Å². The highest BCUT2D eigenvalue weighted by molar-refractivity contribution is 6.01. The van der Waals surface area contributed by atoms with E-state index in [0.29, 0.717) is 29.4 Å². The zero-order valence-corrected chi connectivity index (χ0v) is 20.2. The SMILES string of the molecule is Cc1ccc(-c2cc(C(=O)NC(C)c3cnc(C)nc3)cc(C(=O)N(C)CC(C)C)c2)cc1. The highest BCUT2D eigenvalue weighted by Crippen LogP contribution is 2.24. The first kappa shape index (κ1) is 24.1. The van der Waals surface area contributed by atoms with Crippen molar-refractivity contribution in [3.05, 3.63) is 82.9 Å². The number of hydrogen-bond acceptors (Lipinski definition) is 4. The molecular weight excluding hydrogens is 412 g/mol. The Hall–Kier alpha value is -3.54. The molecule has 0 aliphatic carbocycles. The summed E-state index contributed by atoms with van der Waals surface area (Å²) in [6, 6.07) is 13.1. The largest absolute Gasteiger partial charge is 0.345 e. The lowest BCUT2D eigenvalue weighted by Gasteiger charge is -2.21. The van der Waals surface area contributed by atoms with Crippen molar-refractivity contribution >= 4 is 11.8 Å². The molecule has 1 aromatic heterocycles. The number of nitrogens with zero attached hydrogens (tertiary/aromatic N) is 3. The molecule has 0 aliphatic heterocycles. The number of amides is 2. The molecule has 172 valence electrons. The van der Waals surface area contributed by atoms with Crippen molar-refractivity contribution < 1.29 is 9.59 Å². The van der Waals surface area contributed by atoms with Crippen LogP contribution >= 0.6 is 0 Å². The van der Waals surface area contributed by atoms with Crippen molar-refractivity contribution in [1.82, 2.24) is 20.2 Å². The van der Waals surface area contributed by atoms with Gasteiger partial charge in [0.15, 0.2) is 0 Å². The van der Waals surface area contributed by atoms with Gasteiger partial charge in [-0.25, -0.2) is 9.97 Å². The molecule has 1 atom stereocenters. The zero-order chi connectivity index (χ0) is 24.1. The van der Waals surface area contributed by atoms with Crippen molar-refractivity contribution in [2.75, 3.05) is 13.6 Å². The standard InChI is InChI=1S/C27H32N4O2/c1-17(2)16-31(6)27(33)24-12-22(21-9-7-18(3)8-10-21)11-23(13-24)26(32)30-19(4)25-14-28-20(5)29-15-25/h7-15,17,19H,16H2,1-6H3,(H,30,32). The normalized spacial score (nSPS) is 11.8. The molecule has 33 heavy (non-hydrogen) atoms. The van der Waals surface area contributed by atoms with Crippen molar-refractivity contribution in [2.24, 2.45) is 5.92 Å². The molecule has 0 spiro atoms. The highest BCUT2D eigenvalue weighted by atomic mass is 16.2. The summed E-state index contributed by atoms with van der Waals surface area (Å²) in [5.41, 5.74) is 4.68. The number of rotatable bonds is 7. The number of carbonyl (C=O) groups is 2. The summed E-state index contributed by atoms with van der Waals surface area (Å²) in [5.74, 6) is 0.667. The Bertz CT molecular complexity index is 1120. The quantitative estimate of drug-likeness (QED) is 0.558. The average molecular weight is 445 g/mol. The Morgan fingerprint density at radius 3 is 2.12 bits per heavy atom. The number of benzene rings is 2. The van der Waals surface area contributed by atoms with Gasteiger partial charge in [0.05, 0.1) is 6.04 Å². The lowest BCUT2D eigenvalue weighted by Crippen LogP contribution is -2.31. The molecule has 0 radical (unpaired) electrons. The fraction of sp³-hybridized carbons (Fsp3) is 0.333. The van der Waals surface area contributed by atoms with Crippen molar-refractivity contribution in [3.63, 3.8) is 0 Å². The van der Waals surface area contributed by atoms with Crippen LogP contribution in [0.4, 0.5) is 0 Å². The van der Waals surface area contributed by atoms with Gasteiger partial charge in [0.25, 0.3) is 11.8 Å². The molecule has 2 aromatic carbocycles. The van der Waals surface area contributed by atoms with Gasteiger partial charge in [-0.2, -0.15) is 0 Å². The first-order valence-electron chi connectivity index (χ1n) is 11.2. The monoisotopic (exact) mass is 444 g/mol. The van der Waals surface area contributed by atoms with E-state index in [1.54, 1.807) is 30.4 Å². The molecule has 3 rings (SSSR count). The minimum atomic E-state index is -0.274. The van der Waals surface area contributed by atoms with Gasteiger partial charge in [-0.05, 0) is 56.0 Å². The molecular formula is C27H32N4O2. The number of aryl methyl sites for hydroxylation is 2. The molecule has 6 heteroatoms. The van der Waals surface area contributed by atoms with E-state index in [1.807, 2.05) is 57.2 Å². The van der Waals surface area contributed by atoms with Crippen molar-refractivity contribution in [1.29, 1.82) is 0 Å². The van der Waals surface area contributed by atoms with E-state index < -0.39 is 0 Å². The lowest BCUT2D eigenvalue weighted by molar-refractivity contribution is 0.0779. The lowest BCUT2D eigenvalue weighted by atomic mass is 9.97. The molecule has 0 bridgehead atoms. The predicted molar refractivity (Wildman–Crippen MR) is 131 cm³/mol. The maximum absolute atomic E-state index is 13.2. The third-order valence-corrected chi connectivity index (χ3v) is 5.46. The molecule has 0 fully saturated rings. The molecule has 0 aliphatic rings. The van der Waals surface area contributed by atoms with Gasteiger partial charge in [-0.15, -0.1) is 0 Å². The van der Waals surface area contributed by atoms with Crippen LogP contribution in [0.3, 0.4) is 0 Å². The Morgan fingerprint density at radius 1 is 0.909 bits per heavy atom. The fourth-order valence-electron chi connectivity index (χ4n) is 3.64. The van der Waals surface area contributed by atoms with Crippen LogP contribution in [-0.2, 0) is 0 Å². The summed E-state index contributed by atoms with van der Waals surface area (Å²) < 4.78 is 0. The molecule has 1 heterocycles. The summed E-state index contributed by atoms with van der Waals surface area (Å²) in [5, 5.41) is 3.00.